The third kappa shape index (κ3) is 1.83. The molecule has 0 aromatic heterocycles. The summed E-state index contributed by atoms with van der Waals surface area (Å²) >= 11 is 0. The molecule has 0 radical (unpaired) electrons. The highest BCUT2D eigenvalue weighted by Gasteiger charge is 2.21. The molecule has 1 aliphatic carbocycles. The minimum Gasteiger partial charge on any atom is -0.392 e. The van der Waals surface area contributed by atoms with Crippen molar-refractivity contribution in [3.63, 3.8) is 0 Å². The van der Waals surface area contributed by atoms with Crippen LogP contribution in [0.15, 0.2) is 12.1 Å². The largest absolute Gasteiger partial charge is 0.392 e. The summed E-state index contributed by atoms with van der Waals surface area (Å²) in [4.78, 5) is 11.2. The van der Waals surface area contributed by atoms with Gasteiger partial charge in [-0.2, -0.15) is 0 Å². The molecule has 0 spiro atoms. The van der Waals surface area contributed by atoms with Gasteiger partial charge in [0.2, 0.25) is 0 Å². The van der Waals surface area contributed by atoms with E-state index in [0.29, 0.717) is 5.92 Å². The topological polar surface area (TPSA) is 37.3 Å². The van der Waals surface area contributed by atoms with Crippen LogP contribution in [0, 0.1) is 6.92 Å². The van der Waals surface area contributed by atoms with Crippen molar-refractivity contribution in [1.82, 2.24) is 0 Å². The van der Waals surface area contributed by atoms with Crippen LogP contribution in [-0.2, 0) is 6.42 Å². The average molecular weight is 230 g/mol. The third-order valence-electron chi connectivity index (χ3n) is 3.60. The van der Waals surface area contributed by atoms with Gasteiger partial charge in [0.25, 0.3) is 0 Å². The second kappa shape index (κ2) is 4.46. The van der Waals surface area contributed by atoms with Gasteiger partial charge in [-0.15, -0.1) is 0 Å². The second-order valence-electron chi connectivity index (χ2n) is 4.89. The van der Waals surface area contributed by atoms with Crippen molar-refractivity contribution in [3.8, 4) is 0 Å². The maximum Gasteiger partial charge on any atom is 0.150 e. The van der Waals surface area contributed by atoms with Crippen LogP contribution in [0.2, 0.25) is 0 Å². The number of aldehydes is 1. The number of aliphatic hydroxyl groups excluding tert-OH is 1. The van der Waals surface area contributed by atoms with Crippen LogP contribution in [0.1, 0.15) is 52.4 Å². The summed E-state index contributed by atoms with van der Waals surface area (Å²) in [6.45, 7) is 6.25. The van der Waals surface area contributed by atoms with Crippen LogP contribution in [0.5, 0.6) is 0 Å². The molecule has 2 nitrogen and oxygen atoms in total. The molecule has 0 aliphatic heterocycles. The first-order valence-corrected chi connectivity index (χ1v) is 6.02. The van der Waals surface area contributed by atoms with E-state index in [1.54, 1.807) is 0 Å². The first kappa shape index (κ1) is 12.1. The SMILES string of the molecule is Cc1c(C=O)c(C(C)C)cc2c1CC=C2CO. The van der Waals surface area contributed by atoms with Gasteiger partial charge >= 0.3 is 0 Å². The molecular formula is C15H18O2. The van der Waals surface area contributed by atoms with E-state index in [1.165, 1.54) is 5.56 Å². The molecular weight excluding hydrogens is 212 g/mol. The normalized spacial score (nSPS) is 13.8. The summed E-state index contributed by atoms with van der Waals surface area (Å²) in [6.07, 6.45) is 3.84. The number of carbonyl (C=O) groups excluding carboxylic acids is 1. The summed E-state index contributed by atoms with van der Waals surface area (Å²) in [7, 11) is 0. The standard InChI is InChI=1S/C15H18O2/c1-9(2)13-6-14-11(7-16)4-5-12(14)10(3)15(13)8-17/h4,6,8-9,16H,5,7H2,1-3H3. The number of fused-ring (bicyclic) bond motifs is 1. The van der Waals surface area contributed by atoms with E-state index in [-0.39, 0.29) is 6.61 Å². The lowest BCUT2D eigenvalue weighted by atomic mass is 9.88. The van der Waals surface area contributed by atoms with E-state index in [9.17, 15) is 9.90 Å². The van der Waals surface area contributed by atoms with Gasteiger partial charge in [0, 0.05) is 5.56 Å². The summed E-state index contributed by atoms with van der Waals surface area (Å²) in [6, 6.07) is 2.08. The van der Waals surface area contributed by atoms with E-state index in [1.807, 2.05) is 6.92 Å². The Bertz CT molecular complexity index is 496. The van der Waals surface area contributed by atoms with Crippen LogP contribution >= 0.6 is 0 Å². The van der Waals surface area contributed by atoms with E-state index < -0.39 is 0 Å². The zero-order valence-corrected chi connectivity index (χ0v) is 10.6. The maximum atomic E-state index is 11.2. The number of benzene rings is 1. The Balaban J connectivity index is 2.68. The zero-order chi connectivity index (χ0) is 12.6. The van der Waals surface area contributed by atoms with Gasteiger partial charge in [-0.25, -0.2) is 0 Å². The van der Waals surface area contributed by atoms with Crippen molar-refractivity contribution < 1.29 is 9.90 Å². The Kier molecular flexibility index (Phi) is 3.16. The number of hydrogen-bond acceptors (Lipinski definition) is 2. The monoisotopic (exact) mass is 230 g/mol. The van der Waals surface area contributed by atoms with E-state index in [2.05, 4.69) is 26.0 Å². The zero-order valence-electron chi connectivity index (χ0n) is 10.6. The number of carbonyl (C=O) groups is 1. The Morgan fingerprint density at radius 3 is 2.71 bits per heavy atom. The molecule has 0 fully saturated rings. The number of aliphatic hydroxyl groups is 1. The highest BCUT2D eigenvalue weighted by atomic mass is 16.3. The molecule has 0 unspecified atom stereocenters. The Labute approximate surface area is 102 Å². The second-order valence-corrected chi connectivity index (χ2v) is 4.89. The van der Waals surface area contributed by atoms with Crippen molar-refractivity contribution >= 4 is 11.9 Å². The first-order chi connectivity index (χ1) is 8.10. The van der Waals surface area contributed by atoms with Crippen LogP contribution < -0.4 is 0 Å². The lowest BCUT2D eigenvalue weighted by molar-refractivity contribution is 0.112. The van der Waals surface area contributed by atoms with Crippen molar-refractivity contribution in [1.29, 1.82) is 0 Å². The highest BCUT2D eigenvalue weighted by molar-refractivity contribution is 5.85. The average Bonchev–Trinajstić information content (AvgIpc) is 2.71. The van der Waals surface area contributed by atoms with Gasteiger partial charge in [-0.05, 0) is 47.1 Å². The molecule has 1 aliphatic rings. The van der Waals surface area contributed by atoms with Crippen LogP contribution in [0.4, 0.5) is 0 Å². The van der Waals surface area contributed by atoms with Crippen molar-refractivity contribution in [2.45, 2.75) is 33.1 Å². The summed E-state index contributed by atoms with van der Waals surface area (Å²) in [5.74, 6) is 0.319. The van der Waals surface area contributed by atoms with Crippen molar-refractivity contribution in [3.05, 3.63) is 40.0 Å². The van der Waals surface area contributed by atoms with Crippen LogP contribution in [0.25, 0.3) is 5.57 Å². The smallest absolute Gasteiger partial charge is 0.150 e. The van der Waals surface area contributed by atoms with Gasteiger partial charge in [0.05, 0.1) is 6.61 Å². The Morgan fingerprint density at radius 1 is 1.47 bits per heavy atom. The molecule has 0 atom stereocenters. The number of allylic oxidation sites excluding steroid dienone is 1. The molecule has 0 heterocycles. The van der Waals surface area contributed by atoms with Gasteiger partial charge in [0.1, 0.15) is 0 Å². The Morgan fingerprint density at radius 2 is 2.18 bits per heavy atom. The van der Waals surface area contributed by atoms with Crippen LogP contribution in [-0.4, -0.2) is 18.0 Å². The quantitative estimate of drug-likeness (QED) is 0.811. The summed E-state index contributed by atoms with van der Waals surface area (Å²) in [5, 5.41) is 9.32. The molecule has 1 N–H and O–H groups in total. The molecule has 2 rings (SSSR count). The molecule has 17 heavy (non-hydrogen) atoms. The molecule has 1 aromatic rings. The summed E-state index contributed by atoms with van der Waals surface area (Å²) < 4.78 is 0. The third-order valence-corrected chi connectivity index (χ3v) is 3.60. The fraction of sp³-hybridized carbons (Fsp3) is 0.400. The number of hydrogen-bond donors (Lipinski definition) is 1. The fourth-order valence-corrected chi connectivity index (χ4v) is 2.57. The molecule has 0 saturated heterocycles. The van der Waals surface area contributed by atoms with Gasteiger partial charge in [-0.1, -0.05) is 26.0 Å². The van der Waals surface area contributed by atoms with E-state index in [0.717, 1.165) is 40.5 Å². The minimum atomic E-state index is 0.0738. The van der Waals surface area contributed by atoms with Gasteiger partial charge < -0.3 is 5.11 Å². The summed E-state index contributed by atoms with van der Waals surface area (Å²) in [5.41, 5.74) is 6.28. The van der Waals surface area contributed by atoms with Crippen molar-refractivity contribution in [2.24, 2.45) is 0 Å². The lowest BCUT2D eigenvalue weighted by Gasteiger charge is -2.16. The molecule has 0 saturated carbocycles. The molecule has 0 amide bonds. The van der Waals surface area contributed by atoms with Crippen molar-refractivity contribution in [2.75, 3.05) is 6.61 Å². The molecule has 2 heteroatoms. The van der Waals surface area contributed by atoms with E-state index in [4.69, 9.17) is 0 Å². The number of rotatable bonds is 3. The molecule has 1 aromatic carbocycles. The lowest BCUT2D eigenvalue weighted by Crippen LogP contribution is -2.04. The van der Waals surface area contributed by atoms with Crippen LogP contribution in [0.3, 0.4) is 0 Å². The minimum absolute atomic E-state index is 0.0738. The van der Waals surface area contributed by atoms with E-state index >= 15 is 0 Å². The maximum absolute atomic E-state index is 11.2. The Hall–Kier alpha value is -1.41. The first-order valence-electron chi connectivity index (χ1n) is 6.02. The highest BCUT2D eigenvalue weighted by Crippen LogP contribution is 2.35. The predicted octanol–water partition coefficient (Wildman–Crippen LogP) is 2.86. The van der Waals surface area contributed by atoms with Gasteiger partial charge in [-0.3, -0.25) is 4.79 Å². The molecule has 0 bridgehead atoms. The predicted molar refractivity (Wildman–Crippen MR) is 69.4 cm³/mol. The fourth-order valence-electron chi connectivity index (χ4n) is 2.57. The molecule has 90 valence electrons. The van der Waals surface area contributed by atoms with Gasteiger partial charge in [0.15, 0.2) is 6.29 Å².